The second kappa shape index (κ2) is 8.98. The molecule has 3 rings (SSSR count). The highest BCUT2D eigenvalue weighted by atomic mass is 16.5. The third kappa shape index (κ3) is 4.70. The Morgan fingerprint density at radius 1 is 1.00 bits per heavy atom. The van der Waals surface area contributed by atoms with Gasteiger partial charge in [0.25, 0.3) is 5.91 Å². The van der Waals surface area contributed by atoms with Crippen LogP contribution in [0, 0.1) is 13.8 Å². The lowest BCUT2D eigenvalue weighted by molar-refractivity contribution is 0.0514. The van der Waals surface area contributed by atoms with Crippen LogP contribution in [0.5, 0.6) is 23.3 Å². The van der Waals surface area contributed by atoms with E-state index in [0.29, 0.717) is 41.9 Å². The van der Waals surface area contributed by atoms with E-state index in [1.807, 2.05) is 19.9 Å². The predicted octanol–water partition coefficient (Wildman–Crippen LogP) is 2.80. The Labute approximate surface area is 170 Å². The van der Waals surface area contributed by atoms with Gasteiger partial charge >= 0.3 is 6.01 Å². The predicted molar refractivity (Wildman–Crippen MR) is 107 cm³/mol. The number of amides is 1. The quantitative estimate of drug-likeness (QED) is 0.736. The smallest absolute Gasteiger partial charge is 0.317 e. The van der Waals surface area contributed by atoms with E-state index in [-0.39, 0.29) is 12.0 Å². The zero-order chi connectivity index (χ0) is 21.0. The van der Waals surface area contributed by atoms with Crippen LogP contribution in [0.2, 0.25) is 0 Å². The van der Waals surface area contributed by atoms with E-state index in [2.05, 4.69) is 9.97 Å². The summed E-state index contributed by atoms with van der Waals surface area (Å²) in [6.07, 6.45) is 1.53. The number of hydrogen-bond acceptors (Lipinski definition) is 7. The zero-order valence-electron chi connectivity index (χ0n) is 17.5. The molecule has 1 aliphatic rings. The molecule has 0 saturated carbocycles. The van der Waals surface area contributed by atoms with Crippen molar-refractivity contribution in [2.24, 2.45) is 0 Å². The monoisotopic (exact) mass is 401 g/mol. The van der Waals surface area contributed by atoms with E-state index in [4.69, 9.17) is 18.9 Å². The molecule has 1 fully saturated rings. The number of carbonyl (C=O) groups is 1. The number of aromatic nitrogens is 2. The molecule has 0 aliphatic carbocycles. The van der Waals surface area contributed by atoms with Crippen LogP contribution in [0.3, 0.4) is 0 Å². The molecule has 0 bridgehead atoms. The number of carbonyl (C=O) groups excluding carboxylic acids is 1. The minimum Gasteiger partial charge on any atom is -0.493 e. The second-order valence-electron chi connectivity index (χ2n) is 6.98. The van der Waals surface area contributed by atoms with Crippen LogP contribution in [-0.4, -0.2) is 61.3 Å². The van der Waals surface area contributed by atoms with Crippen LogP contribution in [0.15, 0.2) is 18.2 Å². The molecular formula is C21H27N3O5. The average molecular weight is 401 g/mol. The summed E-state index contributed by atoms with van der Waals surface area (Å²) in [6.45, 7) is 4.93. The molecule has 156 valence electrons. The Balaban J connectivity index is 1.77. The van der Waals surface area contributed by atoms with Gasteiger partial charge in [0.1, 0.15) is 6.10 Å². The number of hydrogen-bond donors (Lipinski definition) is 0. The third-order valence-electron chi connectivity index (χ3n) is 4.81. The summed E-state index contributed by atoms with van der Waals surface area (Å²) in [5, 5.41) is 0. The Bertz CT molecular complexity index is 841. The maximum atomic E-state index is 13.1. The van der Waals surface area contributed by atoms with Crippen LogP contribution in [0.25, 0.3) is 0 Å². The lowest BCUT2D eigenvalue weighted by Gasteiger charge is -2.32. The first kappa shape index (κ1) is 20.7. The lowest BCUT2D eigenvalue weighted by Crippen LogP contribution is -2.44. The van der Waals surface area contributed by atoms with Gasteiger partial charge in [-0.15, -0.1) is 0 Å². The molecule has 1 unspecified atom stereocenters. The van der Waals surface area contributed by atoms with Crippen LogP contribution in [0.4, 0.5) is 0 Å². The molecule has 1 atom stereocenters. The van der Waals surface area contributed by atoms with Crippen molar-refractivity contribution in [1.29, 1.82) is 0 Å². The molecule has 8 nitrogen and oxygen atoms in total. The van der Waals surface area contributed by atoms with Gasteiger partial charge in [-0.3, -0.25) is 4.79 Å². The molecule has 1 saturated heterocycles. The summed E-state index contributed by atoms with van der Waals surface area (Å²) in [7, 11) is 4.59. The highest BCUT2D eigenvalue weighted by Gasteiger charge is 2.28. The topological polar surface area (TPSA) is 83.0 Å². The maximum Gasteiger partial charge on any atom is 0.317 e. The molecule has 29 heavy (non-hydrogen) atoms. The van der Waals surface area contributed by atoms with Gasteiger partial charge < -0.3 is 23.8 Å². The van der Waals surface area contributed by atoms with Crippen molar-refractivity contribution >= 4 is 5.91 Å². The van der Waals surface area contributed by atoms with E-state index in [9.17, 15) is 4.79 Å². The van der Waals surface area contributed by atoms with Crippen molar-refractivity contribution < 1.29 is 23.7 Å². The molecule has 1 aromatic carbocycles. The van der Waals surface area contributed by atoms with Gasteiger partial charge in [-0.05, 0) is 44.9 Å². The summed E-state index contributed by atoms with van der Waals surface area (Å²) in [5.74, 6) is 1.24. The van der Waals surface area contributed by atoms with Crippen molar-refractivity contribution in [3.8, 4) is 23.3 Å². The van der Waals surface area contributed by atoms with Crippen LogP contribution in [-0.2, 0) is 0 Å². The van der Waals surface area contributed by atoms with Gasteiger partial charge in [-0.25, -0.2) is 9.97 Å². The normalized spacial score (nSPS) is 16.3. The second-order valence-corrected chi connectivity index (χ2v) is 6.98. The molecule has 2 aromatic rings. The number of nitrogens with zero attached hydrogens (tertiary/aromatic N) is 3. The Kier molecular flexibility index (Phi) is 6.41. The van der Waals surface area contributed by atoms with E-state index in [1.54, 1.807) is 17.0 Å². The highest BCUT2D eigenvalue weighted by Crippen LogP contribution is 2.38. The van der Waals surface area contributed by atoms with Crippen molar-refractivity contribution in [2.45, 2.75) is 32.8 Å². The average Bonchev–Trinajstić information content (AvgIpc) is 2.71. The summed E-state index contributed by atoms with van der Waals surface area (Å²) in [5.41, 5.74) is 2.19. The van der Waals surface area contributed by atoms with E-state index < -0.39 is 0 Å². The Morgan fingerprint density at radius 3 is 2.17 bits per heavy atom. The first-order chi connectivity index (χ1) is 13.9. The summed E-state index contributed by atoms with van der Waals surface area (Å²) < 4.78 is 22.0. The minimum atomic E-state index is -0.157. The summed E-state index contributed by atoms with van der Waals surface area (Å²) in [4.78, 5) is 23.6. The molecule has 1 amide bonds. The van der Waals surface area contributed by atoms with Crippen LogP contribution >= 0.6 is 0 Å². The summed E-state index contributed by atoms with van der Waals surface area (Å²) in [6, 6.07) is 5.59. The number of likely N-dealkylation sites (tertiary alicyclic amines) is 1. The molecule has 0 radical (unpaired) electrons. The van der Waals surface area contributed by atoms with Gasteiger partial charge in [-0.1, -0.05) is 0 Å². The first-order valence-corrected chi connectivity index (χ1v) is 9.53. The number of piperidine rings is 1. The standard InChI is InChI=1S/C21H27N3O5/c1-13-9-14(2)23-21(22-13)29-16-7-6-8-24(12-16)20(25)15-10-17(26-3)19(28-5)18(11-15)27-4/h9-11,16H,6-8,12H2,1-5H3. The maximum absolute atomic E-state index is 13.1. The number of benzene rings is 1. The fourth-order valence-electron chi connectivity index (χ4n) is 3.50. The van der Waals surface area contributed by atoms with Crippen molar-refractivity contribution in [3.05, 3.63) is 35.2 Å². The van der Waals surface area contributed by atoms with Crippen LogP contribution < -0.4 is 18.9 Å². The number of aryl methyl sites for hydroxylation is 2. The summed E-state index contributed by atoms with van der Waals surface area (Å²) >= 11 is 0. The van der Waals surface area contributed by atoms with E-state index in [1.165, 1.54) is 21.3 Å². The van der Waals surface area contributed by atoms with Gasteiger partial charge in [0, 0.05) is 23.5 Å². The van der Waals surface area contributed by atoms with Crippen molar-refractivity contribution in [3.63, 3.8) is 0 Å². The Hall–Kier alpha value is -3.03. The number of methoxy groups -OCH3 is 3. The largest absolute Gasteiger partial charge is 0.493 e. The molecule has 8 heteroatoms. The fraction of sp³-hybridized carbons (Fsp3) is 0.476. The molecular weight excluding hydrogens is 374 g/mol. The lowest BCUT2D eigenvalue weighted by atomic mass is 10.1. The molecule has 1 aliphatic heterocycles. The van der Waals surface area contributed by atoms with Gasteiger partial charge in [0.15, 0.2) is 11.5 Å². The van der Waals surface area contributed by atoms with Gasteiger partial charge in [-0.2, -0.15) is 0 Å². The zero-order valence-corrected chi connectivity index (χ0v) is 17.5. The fourth-order valence-corrected chi connectivity index (χ4v) is 3.50. The third-order valence-corrected chi connectivity index (χ3v) is 4.81. The molecule has 0 N–H and O–H groups in total. The minimum absolute atomic E-state index is 0.112. The van der Waals surface area contributed by atoms with Gasteiger partial charge in [0.2, 0.25) is 5.75 Å². The number of rotatable bonds is 6. The van der Waals surface area contributed by atoms with Crippen LogP contribution in [0.1, 0.15) is 34.6 Å². The number of ether oxygens (including phenoxy) is 4. The molecule has 1 aromatic heterocycles. The SMILES string of the molecule is COc1cc(C(=O)N2CCCC(Oc3nc(C)cc(C)n3)C2)cc(OC)c1OC. The van der Waals surface area contributed by atoms with E-state index >= 15 is 0 Å². The van der Waals surface area contributed by atoms with E-state index in [0.717, 1.165) is 24.2 Å². The Morgan fingerprint density at radius 2 is 1.62 bits per heavy atom. The molecule has 2 heterocycles. The van der Waals surface area contributed by atoms with Crippen molar-refractivity contribution in [2.75, 3.05) is 34.4 Å². The highest BCUT2D eigenvalue weighted by molar-refractivity contribution is 5.95. The first-order valence-electron chi connectivity index (χ1n) is 9.53. The van der Waals surface area contributed by atoms with Gasteiger partial charge in [0.05, 0.1) is 27.9 Å². The molecule has 0 spiro atoms. The van der Waals surface area contributed by atoms with Crippen molar-refractivity contribution in [1.82, 2.24) is 14.9 Å².